The van der Waals surface area contributed by atoms with E-state index in [-0.39, 0.29) is 24.9 Å². The molecule has 0 saturated carbocycles. The van der Waals surface area contributed by atoms with Crippen molar-refractivity contribution in [3.05, 3.63) is 28.1 Å². The van der Waals surface area contributed by atoms with Gasteiger partial charge in [0.05, 0.1) is 16.9 Å². The smallest absolute Gasteiger partial charge is 0.348 e. The van der Waals surface area contributed by atoms with Crippen LogP contribution in [0.1, 0.15) is 32.3 Å². The molecule has 140 valence electrons. The van der Waals surface area contributed by atoms with Crippen molar-refractivity contribution in [1.29, 1.82) is 0 Å². The van der Waals surface area contributed by atoms with Gasteiger partial charge >= 0.3 is 11.6 Å². The first-order valence-electron chi connectivity index (χ1n) is 8.17. The number of carboxylic acid groups (broad SMARTS) is 1. The number of carbonyl (C=O) groups is 2. The van der Waals surface area contributed by atoms with Crippen LogP contribution in [-0.4, -0.2) is 34.1 Å². The third-order valence-electron chi connectivity index (χ3n) is 3.62. The van der Waals surface area contributed by atoms with Crippen molar-refractivity contribution in [2.75, 3.05) is 10.6 Å². The number of benzene rings is 1. The van der Waals surface area contributed by atoms with Gasteiger partial charge in [0.25, 0.3) is 6.01 Å². The molecule has 2 rings (SSSR count). The van der Waals surface area contributed by atoms with Crippen LogP contribution < -0.4 is 22.0 Å². The first-order chi connectivity index (χ1) is 12.2. The highest BCUT2D eigenvalue weighted by atomic mass is 16.4. The number of aromatic nitrogens is 1. The monoisotopic (exact) mass is 362 g/mol. The standard InChI is InChI=1S/C17H22N4O5/c1-8(2)19-17-21-12-7-10(6-9(3)14(12)16(25)26-17)20-15(24)11(18)4-5-13(22)23/h6-8,11H,4-5,18H2,1-3H3,(H,19,21)(H,20,24)(H,22,23)/t11-/m1/s1. The van der Waals surface area contributed by atoms with E-state index in [0.717, 1.165) is 0 Å². The SMILES string of the molecule is Cc1cc(NC(=O)[C@H](N)CCC(=O)O)cc2nc(NC(C)C)oc(=O)c12. The van der Waals surface area contributed by atoms with Crippen LogP contribution in [0.2, 0.25) is 0 Å². The molecule has 1 heterocycles. The summed E-state index contributed by atoms with van der Waals surface area (Å²) < 4.78 is 5.16. The number of nitrogens with one attached hydrogen (secondary N) is 2. The number of aliphatic carboxylic acids is 1. The lowest BCUT2D eigenvalue weighted by atomic mass is 10.1. The van der Waals surface area contributed by atoms with Crippen LogP contribution in [0.15, 0.2) is 21.3 Å². The molecule has 5 N–H and O–H groups in total. The molecule has 0 unspecified atom stereocenters. The Labute approximate surface area is 149 Å². The van der Waals surface area contributed by atoms with Gasteiger partial charge in [-0.05, 0) is 44.9 Å². The van der Waals surface area contributed by atoms with Crippen LogP contribution in [0.4, 0.5) is 11.7 Å². The lowest BCUT2D eigenvalue weighted by Crippen LogP contribution is -2.36. The summed E-state index contributed by atoms with van der Waals surface area (Å²) in [7, 11) is 0. The Morgan fingerprint density at radius 3 is 2.65 bits per heavy atom. The zero-order chi connectivity index (χ0) is 19.4. The van der Waals surface area contributed by atoms with Gasteiger partial charge in [0, 0.05) is 18.2 Å². The average Bonchev–Trinajstić information content (AvgIpc) is 2.50. The highest BCUT2D eigenvalue weighted by Crippen LogP contribution is 2.21. The third kappa shape index (κ3) is 4.79. The maximum Gasteiger partial charge on any atom is 0.348 e. The Morgan fingerprint density at radius 1 is 1.35 bits per heavy atom. The predicted octanol–water partition coefficient (Wildman–Crippen LogP) is 1.45. The van der Waals surface area contributed by atoms with Gasteiger partial charge < -0.3 is 25.9 Å². The van der Waals surface area contributed by atoms with Gasteiger partial charge in [0.1, 0.15) is 0 Å². The Hall–Kier alpha value is -2.94. The van der Waals surface area contributed by atoms with E-state index in [2.05, 4.69) is 15.6 Å². The number of fused-ring (bicyclic) bond motifs is 1. The number of hydrogen-bond acceptors (Lipinski definition) is 7. The molecule has 0 aliphatic carbocycles. The summed E-state index contributed by atoms with van der Waals surface area (Å²) in [5.74, 6) is -1.52. The van der Waals surface area contributed by atoms with Gasteiger partial charge in [-0.15, -0.1) is 0 Å². The van der Waals surface area contributed by atoms with Gasteiger partial charge in [0.15, 0.2) is 0 Å². The van der Waals surface area contributed by atoms with Gasteiger partial charge in [0.2, 0.25) is 5.91 Å². The summed E-state index contributed by atoms with van der Waals surface area (Å²) >= 11 is 0. The van der Waals surface area contributed by atoms with Crippen molar-refractivity contribution in [3.63, 3.8) is 0 Å². The minimum absolute atomic E-state index is 0.0258. The lowest BCUT2D eigenvalue weighted by Gasteiger charge is -2.13. The van der Waals surface area contributed by atoms with E-state index in [1.54, 1.807) is 19.1 Å². The number of hydrogen-bond donors (Lipinski definition) is 4. The second kappa shape index (κ2) is 7.96. The van der Waals surface area contributed by atoms with Gasteiger partial charge in [-0.1, -0.05) is 0 Å². The van der Waals surface area contributed by atoms with E-state index in [4.69, 9.17) is 15.3 Å². The molecular weight excluding hydrogens is 340 g/mol. The third-order valence-corrected chi connectivity index (χ3v) is 3.62. The molecule has 26 heavy (non-hydrogen) atoms. The number of aryl methyl sites for hydroxylation is 1. The number of rotatable bonds is 7. The maximum absolute atomic E-state index is 12.2. The van der Waals surface area contributed by atoms with Crippen LogP contribution in [-0.2, 0) is 9.59 Å². The van der Waals surface area contributed by atoms with E-state index in [1.165, 1.54) is 0 Å². The van der Waals surface area contributed by atoms with E-state index in [1.807, 2.05) is 13.8 Å². The average molecular weight is 362 g/mol. The number of carbonyl (C=O) groups excluding carboxylic acids is 1. The molecule has 1 aromatic heterocycles. The number of carboxylic acids is 1. The highest BCUT2D eigenvalue weighted by Gasteiger charge is 2.17. The number of amides is 1. The summed E-state index contributed by atoms with van der Waals surface area (Å²) in [5, 5.41) is 14.5. The minimum atomic E-state index is -1.02. The van der Waals surface area contributed by atoms with Gasteiger partial charge in [-0.3, -0.25) is 9.59 Å². The van der Waals surface area contributed by atoms with Crippen molar-refractivity contribution in [2.24, 2.45) is 5.73 Å². The Balaban J connectivity index is 2.30. The molecule has 1 aromatic carbocycles. The lowest BCUT2D eigenvalue weighted by molar-refractivity contribution is -0.137. The van der Waals surface area contributed by atoms with Crippen molar-refractivity contribution in [1.82, 2.24) is 4.98 Å². The van der Waals surface area contributed by atoms with Gasteiger partial charge in [-0.2, -0.15) is 4.98 Å². The molecule has 0 spiro atoms. The minimum Gasteiger partial charge on any atom is -0.481 e. The van der Waals surface area contributed by atoms with Crippen LogP contribution in [0.3, 0.4) is 0 Å². The van der Waals surface area contributed by atoms with E-state index < -0.39 is 23.5 Å². The Bertz CT molecular complexity index is 891. The summed E-state index contributed by atoms with van der Waals surface area (Å²) in [6.07, 6.45) is -0.170. The fourth-order valence-electron chi connectivity index (χ4n) is 2.42. The predicted molar refractivity (Wildman–Crippen MR) is 97.2 cm³/mol. The fourth-order valence-corrected chi connectivity index (χ4v) is 2.42. The van der Waals surface area contributed by atoms with E-state index >= 15 is 0 Å². The summed E-state index contributed by atoms with van der Waals surface area (Å²) in [4.78, 5) is 39.1. The molecule has 0 fully saturated rings. The Morgan fingerprint density at radius 2 is 2.04 bits per heavy atom. The molecule has 1 amide bonds. The molecule has 0 radical (unpaired) electrons. The molecule has 9 heteroatoms. The van der Waals surface area contributed by atoms with E-state index in [0.29, 0.717) is 22.2 Å². The van der Waals surface area contributed by atoms with Crippen molar-refractivity contribution in [3.8, 4) is 0 Å². The molecule has 0 bridgehead atoms. The fraction of sp³-hybridized carbons (Fsp3) is 0.412. The molecule has 0 aliphatic rings. The van der Waals surface area contributed by atoms with E-state index in [9.17, 15) is 14.4 Å². The first-order valence-corrected chi connectivity index (χ1v) is 8.17. The second-order valence-electron chi connectivity index (χ2n) is 6.32. The molecule has 2 aromatic rings. The molecule has 0 saturated heterocycles. The molecule has 1 atom stereocenters. The Kier molecular flexibility index (Phi) is 5.93. The van der Waals surface area contributed by atoms with Crippen LogP contribution in [0.5, 0.6) is 0 Å². The summed E-state index contributed by atoms with van der Waals surface area (Å²) in [6, 6.07) is 2.33. The van der Waals surface area contributed by atoms with Crippen LogP contribution in [0, 0.1) is 6.92 Å². The summed E-state index contributed by atoms with van der Waals surface area (Å²) in [5.41, 5.74) is 6.56. The highest BCUT2D eigenvalue weighted by molar-refractivity contribution is 5.97. The van der Waals surface area contributed by atoms with Crippen LogP contribution >= 0.6 is 0 Å². The normalized spacial score (nSPS) is 12.2. The second-order valence-corrected chi connectivity index (χ2v) is 6.32. The molecule has 0 aliphatic heterocycles. The topological polar surface area (TPSA) is 148 Å². The van der Waals surface area contributed by atoms with Gasteiger partial charge in [-0.25, -0.2) is 4.79 Å². The number of anilines is 2. The molecule has 9 nitrogen and oxygen atoms in total. The molecular formula is C17H22N4O5. The zero-order valence-corrected chi connectivity index (χ0v) is 14.8. The largest absolute Gasteiger partial charge is 0.481 e. The zero-order valence-electron chi connectivity index (χ0n) is 14.8. The van der Waals surface area contributed by atoms with Crippen molar-refractivity contribution < 1.29 is 19.1 Å². The number of nitrogens with zero attached hydrogens (tertiary/aromatic N) is 1. The first kappa shape index (κ1) is 19.4. The van der Waals surface area contributed by atoms with Crippen molar-refractivity contribution >= 4 is 34.5 Å². The van der Waals surface area contributed by atoms with Crippen LogP contribution in [0.25, 0.3) is 10.9 Å². The van der Waals surface area contributed by atoms with Crippen molar-refractivity contribution in [2.45, 2.75) is 45.7 Å². The maximum atomic E-state index is 12.2. The quantitative estimate of drug-likeness (QED) is 0.578. The summed E-state index contributed by atoms with van der Waals surface area (Å²) in [6.45, 7) is 5.47. The number of nitrogens with two attached hydrogens (primary N) is 1.